The molecule has 0 aromatic carbocycles. The molecule has 0 bridgehead atoms. The first-order chi connectivity index (χ1) is 7.21. The fraction of sp³-hybridized carbons (Fsp3) is 0.900. The maximum atomic E-state index is 11.8. The van der Waals surface area contributed by atoms with E-state index >= 15 is 0 Å². The van der Waals surface area contributed by atoms with Gasteiger partial charge in [0, 0.05) is 25.0 Å². The summed E-state index contributed by atoms with van der Waals surface area (Å²) in [6, 6.07) is 0.0793. The summed E-state index contributed by atoms with van der Waals surface area (Å²) >= 11 is 0. The van der Waals surface area contributed by atoms with Crippen molar-refractivity contribution in [3.63, 3.8) is 0 Å². The standard InChI is InChI=1S/C10H20N2O3S/c1-7(11-16(15)10(2,3)4)8-5-12(6-8)9(13)14/h7-8,11H,5-6H2,1-4H3,(H,13,14). The zero-order valence-electron chi connectivity index (χ0n) is 10.2. The summed E-state index contributed by atoms with van der Waals surface area (Å²) in [7, 11) is -1.09. The highest BCUT2D eigenvalue weighted by Crippen LogP contribution is 2.20. The van der Waals surface area contributed by atoms with E-state index in [-0.39, 0.29) is 16.7 Å². The first-order valence-electron chi connectivity index (χ1n) is 5.37. The van der Waals surface area contributed by atoms with Crippen molar-refractivity contribution >= 4 is 17.1 Å². The highest BCUT2D eigenvalue weighted by Gasteiger charge is 2.35. The van der Waals surface area contributed by atoms with Crippen LogP contribution in [0.4, 0.5) is 4.79 Å². The smallest absolute Gasteiger partial charge is 0.407 e. The second-order valence-corrected chi connectivity index (χ2v) is 7.23. The van der Waals surface area contributed by atoms with Gasteiger partial charge in [0.05, 0.1) is 15.7 Å². The molecule has 5 nitrogen and oxygen atoms in total. The van der Waals surface area contributed by atoms with Crippen LogP contribution in [-0.2, 0) is 11.0 Å². The average Bonchev–Trinajstić information content (AvgIpc) is 1.97. The number of carbonyl (C=O) groups is 1. The molecule has 2 unspecified atom stereocenters. The third-order valence-corrected chi connectivity index (χ3v) is 4.43. The van der Waals surface area contributed by atoms with Crippen LogP contribution in [-0.4, -0.2) is 44.2 Å². The Bertz CT molecular complexity index is 295. The van der Waals surface area contributed by atoms with E-state index < -0.39 is 17.1 Å². The van der Waals surface area contributed by atoms with Crippen molar-refractivity contribution in [1.82, 2.24) is 9.62 Å². The number of nitrogens with one attached hydrogen (secondary N) is 1. The Morgan fingerprint density at radius 2 is 2.00 bits per heavy atom. The lowest BCUT2D eigenvalue weighted by Gasteiger charge is -2.41. The maximum absolute atomic E-state index is 11.8. The predicted octanol–water partition coefficient (Wildman–Crippen LogP) is 1.04. The Morgan fingerprint density at radius 1 is 1.50 bits per heavy atom. The third-order valence-electron chi connectivity index (χ3n) is 2.74. The number of nitrogens with zero attached hydrogens (tertiary/aromatic N) is 1. The molecule has 0 saturated carbocycles. The average molecular weight is 248 g/mol. The lowest BCUT2D eigenvalue weighted by molar-refractivity contribution is 0.0714. The second kappa shape index (κ2) is 4.71. The van der Waals surface area contributed by atoms with E-state index in [1.165, 1.54) is 4.90 Å². The van der Waals surface area contributed by atoms with Gasteiger partial charge in [0.25, 0.3) is 0 Å². The molecular weight excluding hydrogens is 228 g/mol. The molecule has 0 radical (unpaired) electrons. The minimum Gasteiger partial charge on any atom is -0.465 e. The van der Waals surface area contributed by atoms with Gasteiger partial charge in [-0.3, -0.25) is 0 Å². The van der Waals surface area contributed by atoms with E-state index in [1.807, 2.05) is 27.7 Å². The van der Waals surface area contributed by atoms with E-state index in [2.05, 4.69) is 4.72 Å². The third kappa shape index (κ3) is 3.18. The molecule has 1 fully saturated rings. The number of amides is 1. The molecule has 2 N–H and O–H groups in total. The number of hydrogen-bond donors (Lipinski definition) is 2. The van der Waals surface area contributed by atoms with Crippen LogP contribution in [0.25, 0.3) is 0 Å². The largest absolute Gasteiger partial charge is 0.465 e. The molecule has 0 aromatic rings. The van der Waals surface area contributed by atoms with Gasteiger partial charge in [-0.2, -0.15) is 0 Å². The summed E-state index contributed by atoms with van der Waals surface area (Å²) in [5, 5.41) is 8.69. The van der Waals surface area contributed by atoms with Crippen molar-refractivity contribution < 1.29 is 14.1 Å². The SMILES string of the molecule is CC(NS(=O)C(C)(C)C)C1CN(C(=O)O)C1. The van der Waals surface area contributed by atoms with Crippen LogP contribution in [0, 0.1) is 5.92 Å². The summed E-state index contributed by atoms with van der Waals surface area (Å²) in [5.41, 5.74) is 0. The van der Waals surface area contributed by atoms with Crippen LogP contribution in [0.2, 0.25) is 0 Å². The summed E-state index contributed by atoms with van der Waals surface area (Å²) in [4.78, 5) is 11.9. The monoisotopic (exact) mass is 248 g/mol. The first kappa shape index (κ1) is 13.4. The Kier molecular flexibility index (Phi) is 3.96. The first-order valence-corrected chi connectivity index (χ1v) is 6.52. The zero-order chi connectivity index (χ0) is 12.5. The molecule has 1 saturated heterocycles. The summed E-state index contributed by atoms with van der Waals surface area (Å²) in [6.45, 7) is 8.75. The van der Waals surface area contributed by atoms with Gasteiger partial charge in [0.15, 0.2) is 0 Å². The number of rotatable bonds is 3. The van der Waals surface area contributed by atoms with Crippen molar-refractivity contribution in [1.29, 1.82) is 0 Å². The van der Waals surface area contributed by atoms with Gasteiger partial charge in [-0.05, 0) is 27.7 Å². The fourth-order valence-electron chi connectivity index (χ4n) is 1.43. The molecule has 0 aromatic heterocycles. The molecule has 94 valence electrons. The highest BCUT2D eigenvalue weighted by atomic mass is 32.2. The zero-order valence-corrected chi connectivity index (χ0v) is 11.0. The highest BCUT2D eigenvalue weighted by molar-refractivity contribution is 7.84. The Hall–Kier alpha value is -0.620. The van der Waals surface area contributed by atoms with Gasteiger partial charge in [0.1, 0.15) is 0 Å². The van der Waals surface area contributed by atoms with Crippen LogP contribution in [0.5, 0.6) is 0 Å². The lowest BCUT2D eigenvalue weighted by atomic mass is 9.94. The minimum atomic E-state index is -1.09. The van der Waals surface area contributed by atoms with Crippen LogP contribution >= 0.6 is 0 Å². The van der Waals surface area contributed by atoms with Gasteiger partial charge in [0.2, 0.25) is 0 Å². The van der Waals surface area contributed by atoms with Gasteiger partial charge in [-0.15, -0.1) is 0 Å². The molecule has 1 amide bonds. The van der Waals surface area contributed by atoms with Gasteiger partial charge < -0.3 is 10.0 Å². The minimum absolute atomic E-state index is 0.0793. The summed E-state index contributed by atoms with van der Waals surface area (Å²) < 4.78 is 14.6. The van der Waals surface area contributed by atoms with Crippen molar-refractivity contribution in [2.45, 2.75) is 38.5 Å². The van der Waals surface area contributed by atoms with Gasteiger partial charge in [-0.1, -0.05) is 0 Å². The summed E-state index contributed by atoms with van der Waals surface area (Å²) in [5.74, 6) is 0.266. The normalized spacial score (nSPS) is 21.4. The van der Waals surface area contributed by atoms with E-state index in [9.17, 15) is 9.00 Å². The Labute approximate surface area is 98.8 Å². The Morgan fingerprint density at radius 3 is 2.38 bits per heavy atom. The number of hydrogen-bond acceptors (Lipinski definition) is 2. The quantitative estimate of drug-likeness (QED) is 0.784. The predicted molar refractivity (Wildman–Crippen MR) is 63.6 cm³/mol. The van der Waals surface area contributed by atoms with Crippen LogP contribution in [0.15, 0.2) is 0 Å². The van der Waals surface area contributed by atoms with Crippen molar-refractivity contribution in [2.75, 3.05) is 13.1 Å². The molecule has 1 aliphatic heterocycles. The van der Waals surface area contributed by atoms with Gasteiger partial charge >= 0.3 is 6.09 Å². The fourth-order valence-corrected chi connectivity index (χ4v) is 2.31. The molecule has 0 aliphatic carbocycles. The van der Waals surface area contributed by atoms with E-state index in [1.54, 1.807) is 0 Å². The van der Waals surface area contributed by atoms with Crippen molar-refractivity contribution in [3.8, 4) is 0 Å². The van der Waals surface area contributed by atoms with Crippen LogP contribution in [0.3, 0.4) is 0 Å². The summed E-state index contributed by atoms with van der Waals surface area (Å²) in [6.07, 6.45) is -0.875. The number of likely N-dealkylation sites (tertiary alicyclic amines) is 1. The van der Waals surface area contributed by atoms with Crippen molar-refractivity contribution in [2.24, 2.45) is 5.92 Å². The maximum Gasteiger partial charge on any atom is 0.407 e. The molecule has 1 heterocycles. The number of carboxylic acid groups (broad SMARTS) is 1. The molecule has 0 spiro atoms. The molecule has 1 aliphatic rings. The lowest BCUT2D eigenvalue weighted by Crippen LogP contribution is -2.57. The molecule has 2 atom stereocenters. The topological polar surface area (TPSA) is 69.6 Å². The molecule has 1 rings (SSSR count). The molecular formula is C10H20N2O3S. The molecule has 6 heteroatoms. The van der Waals surface area contributed by atoms with Crippen molar-refractivity contribution in [3.05, 3.63) is 0 Å². The van der Waals surface area contributed by atoms with E-state index in [0.29, 0.717) is 13.1 Å². The van der Waals surface area contributed by atoms with E-state index in [0.717, 1.165) is 0 Å². The van der Waals surface area contributed by atoms with Gasteiger partial charge in [-0.25, -0.2) is 13.7 Å². The van der Waals surface area contributed by atoms with Crippen LogP contribution < -0.4 is 4.72 Å². The second-order valence-electron chi connectivity index (χ2n) is 5.24. The van der Waals surface area contributed by atoms with E-state index in [4.69, 9.17) is 5.11 Å². The molecule has 16 heavy (non-hydrogen) atoms. The Balaban J connectivity index is 2.36. The van der Waals surface area contributed by atoms with Crippen LogP contribution in [0.1, 0.15) is 27.7 Å².